The summed E-state index contributed by atoms with van der Waals surface area (Å²) in [4.78, 5) is 0. The van der Waals surface area contributed by atoms with E-state index in [9.17, 15) is 0 Å². The molecule has 0 aromatic carbocycles. The number of rotatable bonds is 7. The van der Waals surface area contributed by atoms with Gasteiger partial charge in [0.25, 0.3) is 0 Å². The van der Waals surface area contributed by atoms with Crippen molar-refractivity contribution >= 4 is 0 Å². The number of hydrogen-bond acceptors (Lipinski definition) is 3. The van der Waals surface area contributed by atoms with E-state index in [0.717, 1.165) is 26.0 Å². The predicted octanol–water partition coefficient (Wildman–Crippen LogP) is 0.383. The molecule has 0 aliphatic heterocycles. The molecule has 0 heterocycles. The molecule has 1 atom stereocenters. The van der Waals surface area contributed by atoms with Crippen LogP contribution in [0.3, 0.4) is 0 Å². The molecule has 0 aliphatic carbocycles. The zero-order valence-electron chi connectivity index (χ0n) is 7.47. The number of methoxy groups -OCH3 is 1. The van der Waals surface area contributed by atoms with Gasteiger partial charge < -0.3 is 15.2 Å². The van der Waals surface area contributed by atoms with Crippen molar-refractivity contribution in [2.45, 2.75) is 25.8 Å². The second-order valence-electron chi connectivity index (χ2n) is 2.74. The van der Waals surface area contributed by atoms with Crippen molar-refractivity contribution in [3.05, 3.63) is 0 Å². The quantitative estimate of drug-likeness (QED) is 0.530. The largest absolute Gasteiger partial charge is 0.396 e. The molecule has 3 nitrogen and oxygen atoms in total. The Hall–Kier alpha value is -0.120. The lowest BCUT2D eigenvalue weighted by Crippen LogP contribution is -2.30. The van der Waals surface area contributed by atoms with Crippen LogP contribution in [0.4, 0.5) is 0 Å². The molecule has 0 spiro atoms. The Kier molecular flexibility index (Phi) is 7.89. The number of aliphatic hydroxyl groups is 1. The van der Waals surface area contributed by atoms with E-state index in [0.29, 0.717) is 12.6 Å². The number of unbranched alkanes of at least 4 members (excludes halogenated alkanes) is 1. The highest BCUT2D eigenvalue weighted by Gasteiger charge is 1.97. The summed E-state index contributed by atoms with van der Waals surface area (Å²) in [7, 11) is 1.70. The van der Waals surface area contributed by atoms with Gasteiger partial charge >= 0.3 is 0 Å². The maximum Gasteiger partial charge on any atom is 0.0613 e. The summed E-state index contributed by atoms with van der Waals surface area (Å²) in [5.74, 6) is 0. The lowest BCUT2D eigenvalue weighted by molar-refractivity contribution is 0.171. The van der Waals surface area contributed by atoms with Crippen LogP contribution in [-0.4, -0.2) is 38.0 Å². The second-order valence-corrected chi connectivity index (χ2v) is 2.74. The van der Waals surface area contributed by atoms with Crippen LogP contribution in [-0.2, 0) is 4.74 Å². The zero-order chi connectivity index (χ0) is 8.53. The van der Waals surface area contributed by atoms with Gasteiger partial charge in [0.1, 0.15) is 0 Å². The molecule has 0 amide bonds. The number of ether oxygens (including phenoxy) is 1. The highest BCUT2D eigenvalue weighted by atomic mass is 16.5. The maximum absolute atomic E-state index is 8.48. The number of nitrogens with one attached hydrogen (secondary N) is 1. The van der Waals surface area contributed by atoms with Crippen molar-refractivity contribution in [1.82, 2.24) is 5.32 Å². The molecular formula is C8H19NO2. The van der Waals surface area contributed by atoms with Crippen LogP contribution >= 0.6 is 0 Å². The summed E-state index contributed by atoms with van der Waals surface area (Å²) in [5, 5.41) is 11.8. The first-order valence-electron chi connectivity index (χ1n) is 4.14. The minimum Gasteiger partial charge on any atom is -0.396 e. The van der Waals surface area contributed by atoms with Crippen molar-refractivity contribution in [3.8, 4) is 0 Å². The first-order valence-corrected chi connectivity index (χ1v) is 4.14. The summed E-state index contributed by atoms with van der Waals surface area (Å²) in [5.41, 5.74) is 0. The van der Waals surface area contributed by atoms with Gasteiger partial charge in [0.05, 0.1) is 6.61 Å². The third-order valence-electron chi connectivity index (χ3n) is 1.49. The van der Waals surface area contributed by atoms with Gasteiger partial charge in [-0.2, -0.15) is 0 Å². The van der Waals surface area contributed by atoms with E-state index in [1.54, 1.807) is 7.11 Å². The minimum absolute atomic E-state index is 0.292. The molecule has 0 saturated carbocycles. The Labute approximate surface area is 68.8 Å². The van der Waals surface area contributed by atoms with Gasteiger partial charge in [-0.05, 0) is 26.3 Å². The van der Waals surface area contributed by atoms with Gasteiger partial charge in [-0.1, -0.05) is 0 Å². The van der Waals surface area contributed by atoms with Gasteiger partial charge in [0.15, 0.2) is 0 Å². The number of aliphatic hydroxyl groups excluding tert-OH is 1. The summed E-state index contributed by atoms with van der Waals surface area (Å²) >= 11 is 0. The fourth-order valence-electron chi connectivity index (χ4n) is 0.894. The van der Waals surface area contributed by atoms with Crippen LogP contribution in [0.5, 0.6) is 0 Å². The molecule has 0 aromatic rings. The predicted molar refractivity (Wildman–Crippen MR) is 45.7 cm³/mol. The molecule has 1 unspecified atom stereocenters. The highest BCUT2D eigenvalue weighted by Crippen LogP contribution is 1.87. The third-order valence-corrected chi connectivity index (χ3v) is 1.49. The van der Waals surface area contributed by atoms with E-state index in [1.165, 1.54) is 0 Å². The van der Waals surface area contributed by atoms with E-state index >= 15 is 0 Å². The fourth-order valence-corrected chi connectivity index (χ4v) is 0.894. The first kappa shape index (κ1) is 10.9. The van der Waals surface area contributed by atoms with Gasteiger partial charge in [-0.15, -0.1) is 0 Å². The van der Waals surface area contributed by atoms with Crippen molar-refractivity contribution in [1.29, 1.82) is 0 Å². The third kappa shape index (κ3) is 7.78. The molecule has 3 heteroatoms. The summed E-state index contributed by atoms with van der Waals surface area (Å²) in [6, 6.07) is 0.415. The Balaban J connectivity index is 2.97. The van der Waals surface area contributed by atoms with E-state index in [-0.39, 0.29) is 0 Å². The molecule has 68 valence electrons. The SMILES string of the molecule is COCC(C)NCCCCO. The van der Waals surface area contributed by atoms with Crippen molar-refractivity contribution < 1.29 is 9.84 Å². The van der Waals surface area contributed by atoms with E-state index in [4.69, 9.17) is 9.84 Å². The van der Waals surface area contributed by atoms with Crippen LogP contribution in [0.25, 0.3) is 0 Å². The first-order chi connectivity index (χ1) is 5.31. The summed E-state index contributed by atoms with van der Waals surface area (Å²) in [6.07, 6.45) is 1.91. The second kappa shape index (κ2) is 7.98. The fraction of sp³-hybridized carbons (Fsp3) is 1.00. The topological polar surface area (TPSA) is 41.5 Å². The maximum atomic E-state index is 8.48. The zero-order valence-corrected chi connectivity index (χ0v) is 7.47. The van der Waals surface area contributed by atoms with Crippen LogP contribution < -0.4 is 5.32 Å². The number of hydrogen-bond donors (Lipinski definition) is 2. The molecule has 0 aliphatic rings. The van der Waals surface area contributed by atoms with Gasteiger partial charge in [0.2, 0.25) is 0 Å². The Morgan fingerprint density at radius 2 is 2.18 bits per heavy atom. The van der Waals surface area contributed by atoms with Gasteiger partial charge in [0, 0.05) is 19.8 Å². The van der Waals surface area contributed by atoms with Crippen molar-refractivity contribution in [3.63, 3.8) is 0 Å². The molecule has 11 heavy (non-hydrogen) atoms. The summed E-state index contributed by atoms with van der Waals surface area (Å²) in [6.45, 7) is 4.09. The Bertz CT molecular complexity index is 78.5. The molecule has 0 rings (SSSR count). The van der Waals surface area contributed by atoms with Crippen LogP contribution in [0, 0.1) is 0 Å². The van der Waals surface area contributed by atoms with E-state index < -0.39 is 0 Å². The lowest BCUT2D eigenvalue weighted by atomic mass is 10.3. The average molecular weight is 161 g/mol. The Morgan fingerprint density at radius 3 is 2.73 bits per heavy atom. The summed E-state index contributed by atoms with van der Waals surface area (Å²) < 4.78 is 4.95. The van der Waals surface area contributed by atoms with Gasteiger partial charge in [-0.25, -0.2) is 0 Å². The standard InChI is InChI=1S/C8H19NO2/c1-8(7-11-2)9-5-3-4-6-10/h8-10H,3-7H2,1-2H3. The smallest absolute Gasteiger partial charge is 0.0613 e. The molecule has 0 radical (unpaired) electrons. The molecule has 0 bridgehead atoms. The van der Waals surface area contributed by atoms with Crippen molar-refractivity contribution in [2.24, 2.45) is 0 Å². The molecular weight excluding hydrogens is 142 g/mol. The van der Waals surface area contributed by atoms with Crippen molar-refractivity contribution in [2.75, 3.05) is 26.9 Å². The van der Waals surface area contributed by atoms with Crippen LogP contribution in [0.15, 0.2) is 0 Å². The molecule has 0 aromatic heterocycles. The van der Waals surface area contributed by atoms with Gasteiger partial charge in [-0.3, -0.25) is 0 Å². The van der Waals surface area contributed by atoms with E-state index in [2.05, 4.69) is 12.2 Å². The molecule has 2 N–H and O–H groups in total. The monoisotopic (exact) mass is 161 g/mol. The highest BCUT2D eigenvalue weighted by molar-refractivity contribution is 4.58. The molecule has 0 fully saturated rings. The average Bonchev–Trinajstić information content (AvgIpc) is 1.99. The van der Waals surface area contributed by atoms with Crippen LogP contribution in [0.1, 0.15) is 19.8 Å². The van der Waals surface area contributed by atoms with Crippen LogP contribution in [0.2, 0.25) is 0 Å². The normalized spacial score (nSPS) is 13.4. The van der Waals surface area contributed by atoms with E-state index in [1.807, 2.05) is 0 Å². The lowest BCUT2D eigenvalue weighted by Gasteiger charge is -2.11. The minimum atomic E-state index is 0.292. The Morgan fingerprint density at radius 1 is 1.45 bits per heavy atom. The molecule has 0 saturated heterocycles.